The van der Waals surface area contributed by atoms with Gasteiger partial charge in [0.2, 0.25) is 0 Å². The van der Waals surface area contributed by atoms with Crippen molar-refractivity contribution < 1.29 is 9.50 Å². The molecule has 0 saturated carbocycles. The predicted octanol–water partition coefficient (Wildman–Crippen LogP) is 3.91. The van der Waals surface area contributed by atoms with E-state index >= 15 is 0 Å². The molecule has 2 rings (SSSR count). The van der Waals surface area contributed by atoms with Crippen LogP contribution in [0, 0.1) is 5.82 Å². The molecule has 2 aromatic rings. The molecule has 0 spiro atoms. The molecular formula is C15H15BrFNO. The van der Waals surface area contributed by atoms with E-state index in [2.05, 4.69) is 21.2 Å². The van der Waals surface area contributed by atoms with Crippen molar-refractivity contribution in [1.82, 2.24) is 0 Å². The van der Waals surface area contributed by atoms with E-state index in [4.69, 9.17) is 0 Å². The monoisotopic (exact) mass is 323 g/mol. The number of para-hydroxylation sites is 1. The number of rotatable bonds is 4. The molecule has 2 nitrogen and oxygen atoms in total. The fourth-order valence-electron chi connectivity index (χ4n) is 1.89. The Kier molecular flexibility index (Phi) is 4.22. The van der Waals surface area contributed by atoms with Gasteiger partial charge >= 0.3 is 0 Å². The molecule has 1 atom stereocenters. The van der Waals surface area contributed by atoms with Crippen LogP contribution < -0.4 is 5.32 Å². The number of aliphatic hydroxyl groups is 1. The molecule has 0 aliphatic heterocycles. The van der Waals surface area contributed by atoms with Crippen molar-refractivity contribution in [2.24, 2.45) is 0 Å². The second-order valence-electron chi connectivity index (χ2n) is 4.61. The van der Waals surface area contributed by atoms with Crippen molar-refractivity contribution >= 4 is 21.6 Å². The highest BCUT2D eigenvalue weighted by molar-refractivity contribution is 9.10. The van der Waals surface area contributed by atoms with Gasteiger partial charge in [0.05, 0.1) is 17.8 Å². The van der Waals surface area contributed by atoms with E-state index in [1.807, 2.05) is 31.2 Å². The second-order valence-corrected chi connectivity index (χ2v) is 5.52. The first-order chi connectivity index (χ1) is 9.05. The third kappa shape index (κ3) is 3.14. The number of aliphatic hydroxyl groups excluding tert-OH is 1. The highest BCUT2D eigenvalue weighted by Gasteiger charge is 2.26. The number of halogens is 2. The zero-order valence-electron chi connectivity index (χ0n) is 10.5. The maximum Gasteiger partial charge on any atom is 0.146 e. The molecule has 0 amide bonds. The van der Waals surface area contributed by atoms with E-state index in [0.717, 1.165) is 10.0 Å². The predicted molar refractivity (Wildman–Crippen MR) is 78.6 cm³/mol. The molecule has 0 bridgehead atoms. The van der Waals surface area contributed by atoms with Crippen molar-refractivity contribution in [1.29, 1.82) is 0 Å². The molecule has 0 heterocycles. The van der Waals surface area contributed by atoms with Gasteiger partial charge in [-0.3, -0.25) is 0 Å². The lowest BCUT2D eigenvalue weighted by atomic mass is 9.92. The van der Waals surface area contributed by atoms with Crippen LogP contribution in [0.1, 0.15) is 12.5 Å². The largest absolute Gasteiger partial charge is 0.394 e. The van der Waals surface area contributed by atoms with Crippen LogP contribution in [0.3, 0.4) is 0 Å². The second kappa shape index (κ2) is 5.72. The molecular weight excluding hydrogens is 309 g/mol. The van der Waals surface area contributed by atoms with E-state index in [1.165, 1.54) is 6.07 Å². The minimum atomic E-state index is -0.744. The third-order valence-electron chi connectivity index (χ3n) is 3.06. The Hall–Kier alpha value is -1.39. The molecule has 1 unspecified atom stereocenters. The van der Waals surface area contributed by atoms with Gasteiger partial charge in [0.25, 0.3) is 0 Å². The third-order valence-corrected chi connectivity index (χ3v) is 3.56. The summed E-state index contributed by atoms with van der Waals surface area (Å²) in [5.74, 6) is -0.336. The summed E-state index contributed by atoms with van der Waals surface area (Å²) in [7, 11) is 0. The van der Waals surface area contributed by atoms with Crippen molar-refractivity contribution in [3.05, 3.63) is 64.4 Å². The summed E-state index contributed by atoms with van der Waals surface area (Å²) < 4.78 is 14.6. The van der Waals surface area contributed by atoms with Crippen LogP contribution in [-0.2, 0) is 5.54 Å². The fourth-order valence-corrected chi connectivity index (χ4v) is 2.29. The number of nitrogens with one attached hydrogen (secondary N) is 1. The number of hydrogen-bond donors (Lipinski definition) is 2. The number of anilines is 1. The van der Waals surface area contributed by atoms with Crippen molar-refractivity contribution in [2.75, 3.05) is 11.9 Å². The Morgan fingerprint density at radius 3 is 2.58 bits per heavy atom. The highest BCUT2D eigenvalue weighted by atomic mass is 79.9. The summed E-state index contributed by atoms with van der Waals surface area (Å²) in [5.41, 5.74) is 0.512. The smallest absolute Gasteiger partial charge is 0.146 e. The Labute approximate surface area is 120 Å². The summed E-state index contributed by atoms with van der Waals surface area (Å²) in [6.45, 7) is 1.69. The van der Waals surface area contributed by atoms with Crippen LogP contribution in [0.25, 0.3) is 0 Å². The van der Waals surface area contributed by atoms with Gasteiger partial charge in [-0.25, -0.2) is 4.39 Å². The maximum absolute atomic E-state index is 13.7. The Balaban J connectivity index is 2.36. The van der Waals surface area contributed by atoms with E-state index in [1.54, 1.807) is 18.2 Å². The summed E-state index contributed by atoms with van der Waals surface area (Å²) in [6, 6.07) is 14.0. The minimum Gasteiger partial charge on any atom is -0.394 e. The van der Waals surface area contributed by atoms with Gasteiger partial charge in [-0.2, -0.15) is 0 Å². The zero-order valence-corrected chi connectivity index (χ0v) is 12.1. The Morgan fingerprint density at radius 2 is 1.95 bits per heavy atom. The fraction of sp³-hybridized carbons (Fsp3) is 0.200. The van der Waals surface area contributed by atoms with Crippen molar-refractivity contribution in [3.63, 3.8) is 0 Å². The van der Waals surface area contributed by atoms with E-state index in [0.29, 0.717) is 5.69 Å². The molecule has 100 valence electrons. The molecule has 0 aliphatic carbocycles. The molecule has 2 N–H and O–H groups in total. The first-order valence-electron chi connectivity index (χ1n) is 5.95. The van der Waals surface area contributed by atoms with Crippen LogP contribution in [0.5, 0.6) is 0 Å². The standard InChI is InChI=1S/C15H15BrFNO/c1-15(10-19,11-5-4-6-12(16)9-11)18-14-8-3-2-7-13(14)17/h2-9,18-19H,10H2,1H3. The summed E-state index contributed by atoms with van der Waals surface area (Å²) in [5, 5.41) is 12.8. The molecule has 4 heteroatoms. The van der Waals surface area contributed by atoms with Gasteiger partial charge in [0, 0.05) is 4.47 Å². The van der Waals surface area contributed by atoms with E-state index in [9.17, 15) is 9.50 Å². The van der Waals surface area contributed by atoms with Crippen molar-refractivity contribution in [3.8, 4) is 0 Å². The summed E-state index contributed by atoms with van der Waals surface area (Å²) >= 11 is 3.40. The van der Waals surface area contributed by atoms with Crippen LogP contribution in [0.15, 0.2) is 53.0 Å². The van der Waals surface area contributed by atoms with Crippen LogP contribution in [0.2, 0.25) is 0 Å². The lowest BCUT2D eigenvalue weighted by molar-refractivity contribution is 0.223. The van der Waals surface area contributed by atoms with Crippen LogP contribution in [-0.4, -0.2) is 11.7 Å². The van der Waals surface area contributed by atoms with Crippen molar-refractivity contribution in [2.45, 2.75) is 12.5 Å². The molecule has 0 aliphatic rings. The number of hydrogen-bond acceptors (Lipinski definition) is 2. The van der Waals surface area contributed by atoms with Gasteiger partial charge in [0.1, 0.15) is 5.82 Å². The normalized spacial score (nSPS) is 13.9. The minimum absolute atomic E-state index is 0.141. The van der Waals surface area contributed by atoms with Crippen LogP contribution >= 0.6 is 15.9 Å². The Bertz CT molecular complexity index is 576. The summed E-state index contributed by atoms with van der Waals surface area (Å²) in [6.07, 6.45) is 0. The summed E-state index contributed by atoms with van der Waals surface area (Å²) in [4.78, 5) is 0. The molecule has 0 radical (unpaired) electrons. The van der Waals surface area contributed by atoms with Gasteiger partial charge < -0.3 is 10.4 Å². The first kappa shape index (κ1) is 14.0. The average Bonchev–Trinajstić information content (AvgIpc) is 2.41. The quantitative estimate of drug-likeness (QED) is 0.894. The average molecular weight is 324 g/mol. The van der Waals surface area contributed by atoms with Gasteiger partial charge in [-0.1, -0.05) is 40.2 Å². The van der Waals surface area contributed by atoms with E-state index in [-0.39, 0.29) is 12.4 Å². The topological polar surface area (TPSA) is 32.3 Å². The first-order valence-corrected chi connectivity index (χ1v) is 6.74. The lowest BCUT2D eigenvalue weighted by Crippen LogP contribution is -2.36. The molecule has 19 heavy (non-hydrogen) atoms. The molecule has 0 fully saturated rings. The zero-order chi connectivity index (χ0) is 13.9. The van der Waals surface area contributed by atoms with Gasteiger partial charge in [-0.15, -0.1) is 0 Å². The molecule has 0 saturated heterocycles. The lowest BCUT2D eigenvalue weighted by Gasteiger charge is -2.31. The highest BCUT2D eigenvalue weighted by Crippen LogP contribution is 2.28. The molecule has 0 aromatic heterocycles. The maximum atomic E-state index is 13.7. The molecule has 2 aromatic carbocycles. The van der Waals surface area contributed by atoms with E-state index < -0.39 is 5.54 Å². The number of benzene rings is 2. The van der Waals surface area contributed by atoms with Gasteiger partial charge in [-0.05, 0) is 36.8 Å². The Morgan fingerprint density at radius 1 is 1.21 bits per heavy atom. The van der Waals surface area contributed by atoms with Crippen LogP contribution in [0.4, 0.5) is 10.1 Å². The SMILES string of the molecule is CC(CO)(Nc1ccccc1F)c1cccc(Br)c1. The van der Waals surface area contributed by atoms with Gasteiger partial charge in [0.15, 0.2) is 0 Å².